The third kappa shape index (κ3) is 4.07. The number of furan rings is 1. The predicted octanol–water partition coefficient (Wildman–Crippen LogP) is 5.55. The lowest BCUT2D eigenvalue weighted by Crippen LogP contribution is -2.08. The normalized spacial score (nSPS) is 11.5. The molecule has 0 bridgehead atoms. The smallest absolute Gasteiger partial charge is 0.284 e. The summed E-state index contributed by atoms with van der Waals surface area (Å²) in [6, 6.07) is 9.63. The van der Waals surface area contributed by atoms with Crippen LogP contribution >= 0.6 is 11.8 Å². The summed E-state index contributed by atoms with van der Waals surface area (Å²) < 4.78 is 10.8. The van der Waals surface area contributed by atoms with Gasteiger partial charge < -0.3 is 8.83 Å². The molecule has 5 nitrogen and oxygen atoms in total. The second-order valence-electron chi connectivity index (χ2n) is 6.72. The van der Waals surface area contributed by atoms with E-state index in [4.69, 9.17) is 8.83 Å². The molecule has 0 saturated heterocycles. The SMILES string of the molecule is CC(C)c1ccc(C(=O)CSc2nnc(-c3ccco3)o2)c(C(C)C)c1. The average Bonchev–Trinajstić information content (AvgIpc) is 3.30. The van der Waals surface area contributed by atoms with Crippen LogP contribution in [0.25, 0.3) is 11.7 Å². The lowest BCUT2D eigenvalue weighted by Gasteiger charge is -2.15. The van der Waals surface area contributed by atoms with Crippen molar-refractivity contribution in [2.45, 2.75) is 44.8 Å². The molecule has 2 heterocycles. The molecule has 0 spiro atoms. The van der Waals surface area contributed by atoms with E-state index in [9.17, 15) is 4.79 Å². The Morgan fingerprint density at radius 2 is 1.92 bits per heavy atom. The standard InChI is InChI=1S/C20H22N2O3S/c1-12(2)14-7-8-15(16(10-14)13(3)4)17(23)11-26-20-22-21-19(25-20)18-6-5-9-24-18/h5-10,12-13H,11H2,1-4H3. The van der Waals surface area contributed by atoms with Crippen LogP contribution < -0.4 is 0 Å². The van der Waals surface area contributed by atoms with E-state index in [0.717, 1.165) is 11.1 Å². The van der Waals surface area contributed by atoms with Crippen molar-refractivity contribution in [2.24, 2.45) is 0 Å². The first-order valence-corrected chi connectivity index (χ1v) is 9.61. The van der Waals surface area contributed by atoms with Gasteiger partial charge in [0.15, 0.2) is 11.5 Å². The second-order valence-corrected chi connectivity index (χ2v) is 7.64. The van der Waals surface area contributed by atoms with Crippen LogP contribution in [0.1, 0.15) is 61.0 Å². The summed E-state index contributed by atoms with van der Waals surface area (Å²) in [5.41, 5.74) is 3.10. The predicted molar refractivity (Wildman–Crippen MR) is 102 cm³/mol. The van der Waals surface area contributed by atoms with Crippen molar-refractivity contribution in [3.63, 3.8) is 0 Å². The number of thioether (sulfide) groups is 1. The minimum atomic E-state index is 0.0618. The Hall–Kier alpha value is -2.34. The molecule has 0 radical (unpaired) electrons. The molecule has 0 saturated carbocycles. The van der Waals surface area contributed by atoms with E-state index in [1.165, 1.54) is 17.3 Å². The monoisotopic (exact) mass is 370 g/mol. The minimum absolute atomic E-state index is 0.0618. The summed E-state index contributed by atoms with van der Waals surface area (Å²) in [6.07, 6.45) is 1.55. The van der Waals surface area contributed by atoms with Gasteiger partial charge in [0.2, 0.25) is 0 Å². The first-order valence-electron chi connectivity index (χ1n) is 8.63. The first-order chi connectivity index (χ1) is 12.5. The van der Waals surface area contributed by atoms with Gasteiger partial charge in [-0.05, 0) is 35.1 Å². The van der Waals surface area contributed by atoms with Crippen LogP contribution in [0.2, 0.25) is 0 Å². The molecule has 0 aliphatic heterocycles. The van der Waals surface area contributed by atoms with Crippen molar-refractivity contribution in [1.29, 1.82) is 0 Å². The lowest BCUT2D eigenvalue weighted by molar-refractivity contribution is 0.102. The fourth-order valence-corrected chi connectivity index (χ4v) is 3.29. The molecule has 136 valence electrons. The van der Waals surface area contributed by atoms with Crippen LogP contribution in [-0.4, -0.2) is 21.7 Å². The van der Waals surface area contributed by atoms with Crippen molar-refractivity contribution in [1.82, 2.24) is 10.2 Å². The summed E-state index contributed by atoms with van der Waals surface area (Å²) in [4.78, 5) is 12.7. The Morgan fingerprint density at radius 1 is 1.12 bits per heavy atom. The second kappa shape index (κ2) is 7.91. The summed E-state index contributed by atoms with van der Waals surface area (Å²) in [5, 5.41) is 8.27. The highest BCUT2D eigenvalue weighted by atomic mass is 32.2. The first kappa shape index (κ1) is 18.5. The number of benzene rings is 1. The van der Waals surface area contributed by atoms with Gasteiger partial charge in [-0.2, -0.15) is 0 Å². The molecule has 0 unspecified atom stereocenters. The third-order valence-corrected chi connectivity index (χ3v) is 4.95. The van der Waals surface area contributed by atoms with Crippen LogP contribution in [0.4, 0.5) is 0 Å². The van der Waals surface area contributed by atoms with E-state index in [1.807, 2.05) is 12.1 Å². The molecule has 0 N–H and O–H groups in total. The van der Waals surface area contributed by atoms with E-state index in [-0.39, 0.29) is 17.5 Å². The number of aromatic nitrogens is 2. The van der Waals surface area contributed by atoms with Crippen LogP contribution in [0.5, 0.6) is 0 Å². The highest BCUT2D eigenvalue weighted by Crippen LogP contribution is 2.28. The highest BCUT2D eigenvalue weighted by molar-refractivity contribution is 7.99. The fraction of sp³-hybridized carbons (Fsp3) is 0.350. The van der Waals surface area contributed by atoms with Crippen LogP contribution in [0, 0.1) is 0 Å². The molecular formula is C20H22N2O3S. The molecule has 0 atom stereocenters. The van der Waals surface area contributed by atoms with Gasteiger partial charge in [-0.25, -0.2) is 0 Å². The topological polar surface area (TPSA) is 69.1 Å². The van der Waals surface area contributed by atoms with E-state index in [2.05, 4.69) is 44.0 Å². The molecule has 3 aromatic rings. The largest absolute Gasteiger partial charge is 0.459 e. The third-order valence-electron chi connectivity index (χ3n) is 4.13. The van der Waals surface area contributed by atoms with E-state index < -0.39 is 0 Å². The Morgan fingerprint density at radius 3 is 2.58 bits per heavy atom. The van der Waals surface area contributed by atoms with E-state index in [0.29, 0.717) is 22.8 Å². The van der Waals surface area contributed by atoms with E-state index in [1.54, 1.807) is 18.4 Å². The van der Waals surface area contributed by atoms with Crippen LogP contribution in [-0.2, 0) is 0 Å². The van der Waals surface area contributed by atoms with Crippen molar-refractivity contribution < 1.29 is 13.6 Å². The van der Waals surface area contributed by atoms with E-state index >= 15 is 0 Å². The number of hydrogen-bond donors (Lipinski definition) is 0. The molecule has 3 rings (SSSR count). The van der Waals surface area contributed by atoms with Gasteiger partial charge in [-0.1, -0.05) is 57.7 Å². The Kier molecular flexibility index (Phi) is 5.61. The number of carbonyl (C=O) groups is 1. The number of carbonyl (C=O) groups excluding carboxylic acids is 1. The molecule has 0 aliphatic rings. The lowest BCUT2D eigenvalue weighted by atomic mass is 9.90. The average molecular weight is 370 g/mol. The number of nitrogens with zero attached hydrogens (tertiary/aromatic N) is 2. The number of hydrogen-bond acceptors (Lipinski definition) is 6. The van der Waals surface area contributed by atoms with Gasteiger partial charge >= 0.3 is 0 Å². The molecule has 0 aliphatic carbocycles. The van der Waals surface area contributed by atoms with Gasteiger partial charge in [0.25, 0.3) is 11.1 Å². The molecule has 0 fully saturated rings. The zero-order valence-corrected chi connectivity index (χ0v) is 16.2. The van der Waals surface area contributed by atoms with Gasteiger partial charge in [0, 0.05) is 5.56 Å². The maximum atomic E-state index is 12.7. The molecule has 26 heavy (non-hydrogen) atoms. The maximum absolute atomic E-state index is 12.7. The summed E-state index contributed by atoms with van der Waals surface area (Å²) >= 11 is 1.24. The van der Waals surface area contributed by atoms with Crippen molar-refractivity contribution in [3.05, 3.63) is 53.3 Å². The van der Waals surface area contributed by atoms with Crippen molar-refractivity contribution in [2.75, 3.05) is 5.75 Å². The molecule has 0 amide bonds. The Labute approximate surface area is 157 Å². The number of Topliss-reactive ketones (excluding diaryl/α,β-unsaturated/α-hetero) is 1. The zero-order valence-electron chi connectivity index (χ0n) is 15.4. The zero-order chi connectivity index (χ0) is 18.7. The Balaban J connectivity index is 1.72. The van der Waals surface area contributed by atoms with Crippen LogP contribution in [0.15, 0.2) is 50.7 Å². The molecule has 6 heteroatoms. The number of rotatable bonds is 7. The fourth-order valence-electron chi connectivity index (χ4n) is 2.64. The molecular weight excluding hydrogens is 348 g/mol. The van der Waals surface area contributed by atoms with Gasteiger partial charge in [-0.3, -0.25) is 4.79 Å². The van der Waals surface area contributed by atoms with Crippen molar-refractivity contribution >= 4 is 17.5 Å². The maximum Gasteiger partial charge on any atom is 0.284 e. The summed E-state index contributed by atoms with van der Waals surface area (Å²) in [7, 11) is 0. The van der Waals surface area contributed by atoms with Gasteiger partial charge in [0.05, 0.1) is 12.0 Å². The molecule has 2 aromatic heterocycles. The quantitative estimate of drug-likeness (QED) is 0.401. The van der Waals surface area contributed by atoms with Gasteiger partial charge in [-0.15, -0.1) is 10.2 Å². The van der Waals surface area contributed by atoms with Crippen LogP contribution in [0.3, 0.4) is 0 Å². The van der Waals surface area contributed by atoms with Gasteiger partial charge in [0.1, 0.15) is 0 Å². The highest BCUT2D eigenvalue weighted by Gasteiger charge is 2.18. The molecule has 1 aromatic carbocycles. The summed E-state index contributed by atoms with van der Waals surface area (Å²) in [6.45, 7) is 8.53. The summed E-state index contributed by atoms with van der Waals surface area (Å²) in [5.74, 6) is 1.86. The van der Waals surface area contributed by atoms with Crippen molar-refractivity contribution in [3.8, 4) is 11.7 Å². The minimum Gasteiger partial charge on any atom is -0.459 e. The Bertz CT molecular complexity index is 882. The number of ketones is 1.